The van der Waals surface area contributed by atoms with Crippen LogP contribution >= 0.6 is 11.6 Å². The molecule has 0 aliphatic rings. The van der Waals surface area contributed by atoms with Crippen LogP contribution in [0.2, 0.25) is 5.02 Å². The van der Waals surface area contributed by atoms with Crippen LogP contribution in [0.15, 0.2) is 24.3 Å². The minimum Gasteiger partial charge on any atom is -0.480 e. The highest BCUT2D eigenvalue weighted by Crippen LogP contribution is 2.10. The Labute approximate surface area is 110 Å². The fraction of sp³-hybridized carbons (Fsp3) is 0.333. The van der Waals surface area contributed by atoms with E-state index in [0.717, 1.165) is 5.56 Å². The quantitative estimate of drug-likeness (QED) is 0.821. The monoisotopic (exact) mass is 271 g/mol. The molecule has 1 aromatic rings. The van der Waals surface area contributed by atoms with Gasteiger partial charge in [0.2, 0.25) is 5.91 Å². The number of rotatable bonds is 6. The van der Waals surface area contributed by atoms with Crippen molar-refractivity contribution in [3.63, 3.8) is 0 Å². The van der Waals surface area contributed by atoms with Gasteiger partial charge in [-0.3, -0.25) is 4.79 Å². The molecule has 1 rings (SSSR count). The van der Waals surface area contributed by atoms with E-state index >= 15 is 0 Å². The molecule has 0 saturated carbocycles. The van der Waals surface area contributed by atoms with Crippen LogP contribution in [0.3, 0.4) is 0 Å². The normalized spacial score (nSPS) is 11.9. The number of carbonyl (C=O) groups is 2. The Morgan fingerprint density at radius 3 is 2.50 bits per heavy atom. The number of hydrogen-bond acceptors (Lipinski definition) is 3. The molecule has 0 aromatic heterocycles. The molecule has 5 nitrogen and oxygen atoms in total. The van der Waals surface area contributed by atoms with Gasteiger partial charge >= 0.3 is 5.97 Å². The summed E-state index contributed by atoms with van der Waals surface area (Å²) in [5, 5.41) is 11.8. The van der Waals surface area contributed by atoms with E-state index in [1.807, 2.05) is 0 Å². The summed E-state index contributed by atoms with van der Waals surface area (Å²) >= 11 is 5.73. The third kappa shape index (κ3) is 5.16. The second-order valence-corrected chi connectivity index (χ2v) is 4.17. The van der Waals surface area contributed by atoms with E-state index in [-0.39, 0.29) is 13.2 Å². The Kier molecular flexibility index (Phi) is 5.61. The Hall–Kier alpha value is -1.59. The number of nitrogens with one attached hydrogen (secondary N) is 1. The lowest BCUT2D eigenvalue weighted by Gasteiger charge is -2.13. The fourth-order valence-corrected chi connectivity index (χ4v) is 1.42. The summed E-state index contributed by atoms with van der Waals surface area (Å²) in [5.74, 6) is -1.53. The molecule has 1 atom stereocenters. The van der Waals surface area contributed by atoms with Crippen molar-refractivity contribution in [2.45, 2.75) is 19.6 Å². The van der Waals surface area contributed by atoms with E-state index in [0.29, 0.717) is 5.02 Å². The molecule has 6 heteroatoms. The zero-order chi connectivity index (χ0) is 13.5. The Balaban J connectivity index is 2.41. The molecule has 1 unspecified atom stereocenters. The van der Waals surface area contributed by atoms with E-state index in [4.69, 9.17) is 21.4 Å². The lowest BCUT2D eigenvalue weighted by atomic mass is 10.2. The molecule has 0 aliphatic carbocycles. The first-order chi connectivity index (χ1) is 8.49. The molecule has 0 fully saturated rings. The Morgan fingerprint density at radius 2 is 2.00 bits per heavy atom. The number of aliphatic carboxylic acids is 1. The highest BCUT2D eigenvalue weighted by molar-refractivity contribution is 6.30. The molecule has 0 spiro atoms. The molecule has 18 heavy (non-hydrogen) atoms. The lowest BCUT2D eigenvalue weighted by Crippen LogP contribution is -2.42. The molecule has 0 heterocycles. The van der Waals surface area contributed by atoms with Gasteiger partial charge in [0.1, 0.15) is 0 Å². The zero-order valence-corrected chi connectivity index (χ0v) is 10.6. The molecule has 0 aliphatic heterocycles. The second kappa shape index (κ2) is 6.98. The first kappa shape index (κ1) is 14.5. The van der Waals surface area contributed by atoms with Gasteiger partial charge in [0.25, 0.3) is 0 Å². The number of halogens is 1. The third-order valence-corrected chi connectivity index (χ3v) is 2.39. The van der Waals surface area contributed by atoms with E-state index < -0.39 is 17.9 Å². The molecule has 98 valence electrons. The first-order valence-corrected chi connectivity index (χ1v) is 5.69. The molecule has 1 aromatic carbocycles. The maximum atomic E-state index is 10.8. The van der Waals surface area contributed by atoms with Gasteiger partial charge in [0.05, 0.1) is 13.2 Å². The van der Waals surface area contributed by atoms with Crippen molar-refractivity contribution in [2.24, 2.45) is 0 Å². The second-order valence-electron chi connectivity index (χ2n) is 3.73. The maximum absolute atomic E-state index is 10.8. The van der Waals surface area contributed by atoms with Gasteiger partial charge in [-0.15, -0.1) is 0 Å². The van der Waals surface area contributed by atoms with Crippen molar-refractivity contribution in [3.05, 3.63) is 34.9 Å². The number of carbonyl (C=O) groups excluding carboxylic acids is 1. The summed E-state index contributed by atoms with van der Waals surface area (Å²) in [6, 6.07) is 5.99. The van der Waals surface area contributed by atoms with E-state index in [1.54, 1.807) is 24.3 Å². The minimum atomic E-state index is -1.12. The van der Waals surface area contributed by atoms with Gasteiger partial charge in [0.15, 0.2) is 6.04 Å². The van der Waals surface area contributed by atoms with Crippen molar-refractivity contribution in [1.29, 1.82) is 0 Å². The van der Waals surface area contributed by atoms with Gasteiger partial charge in [-0.25, -0.2) is 4.79 Å². The summed E-state index contributed by atoms with van der Waals surface area (Å²) in [6.45, 7) is 1.44. The average Bonchev–Trinajstić information content (AvgIpc) is 2.29. The molecule has 0 bridgehead atoms. The summed E-state index contributed by atoms with van der Waals surface area (Å²) in [5.41, 5.74) is 0.881. The number of carboxylic acid groups (broad SMARTS) is 1. The van der Waals surface area contributed by atoms with Crippen LogP contribution in [0.5, 0.6) is 0 Å². The molecule has 1 amide bonds. The van der Waals surface area contributed by atoms with E-state index in [1.165, 1.54) is 6.92 Å². The summed E-state index contributed by atoms with van der Waals surface area (Å²) < 4.78 is 5.25. The van der Waals surface area contributed by atoms with Crippen LogP contribution in [0, 0.1) is 0 Å². The van der Waals surface area contributed by atoms with Crippen molar-refractivity contribution < 1.29 is 19.4 Å². The Bertz CT molecular complexity index is 419. The zero-order valence-electron chi connectivity index (χ0n) is 9.85. The minimum absolute atomic E-state index is 0.0858. The third-order valence-electron chi connectivity index (χ3n) is 2.14. The van der Waals surface area contributed by atoms with Crippen LogP contribution < -0.4 is 5.32 Å². The Morgan fingerprint density at radius 1 is 1.39 bits per heavy atom. The van der Waals surface area contributed by atoms with Crippen LogP contribution in [0.4, 0.5) is 0 Å². The van der Waals surface area contributed by atoms with Crippen molar-refractivity contribution in [1.82, 2.24) is 5.32 Å². The summed E-state index contributed by atoms with van der Waals surface area (Å²) in [4.78, 5) is 21.6. The number of benzene rings is 1. The van der Waals surface area contributed by atoms with Gasteiger partial charge in [-0.1, -0.05) is 23.7 Å². The molecular formula is C12H14ClNO4. The molecule has 2 N–H and O–H groups in total. The smallest absolute Gasteiger partial charge is 0.328 e. The number of amides is 1. The van der Waals surface area contributed by atoms with Crippen LogP contribution in [-0.4, -0.2) is 29.6 Å². The maximum Gasteiger partial charge on any atom is 0.328 e. The standard InChI is InChI=1S/C12H14ClNO4/c1-8(15)14-11(12(16)17)7-18-6-9-2-4-10(13)5-3-9/h2-5,11H,6-7H2,1H3,(H,14,15)(H,16,17). The molecule has 0 radical (unpaired) electrons. The molecular weight excluding hydrogens is 258 g/mol. The van der Waals surface area contributed by atoms with Crippen molar-refractivity contribution in [2.75, 3.05) is 6.61 Å². The van der Waals surface area contributed by atoms with Gasteiger partial charge in [-0.05, 0) is 17.7 Å². The predicted molar refractivity (Wildman–Crippen MR) is 66.3 cm³/mol. The lowest BCUT2D eigenvalue weighted by molar-refractivity contribution is -0.143. The van der Waals surface area contributed by atoms with Crippen molar-refractivity contribution in [3.8, 4) is 0 Å². The van der Waals surface area contributed by atoms with Gasteiger partial charge in [0, 0.05) is 11.9 Å². The number of ether oxygens (including phenoxy) is 1. The van der Waals surface area contributed by atoms with E-state index in [9.17, 15) is 9.59 Å². The van der Waals surface area contributed by atoms with Crippen molar-refractivity contribution >= 4 is 23.5 Å². The largest absolute Gasteiger partial charge is 0.480 e. The van der Waals surface area contributed by atoms with Crippen LogP contribution in [0.25, 0.3) is 0 Å². The van der Waals surface area contributed by atoms with Crippen LogP contribution in [0.1, 0.15) is 12.5 Å². The van der Waals surface area contributed by atoms with Gasteiger partial charge < -0.3 is 15.2 Å². The summed E-state index contributed by atoms with van der Waals surface area (Å²) in [7, 11) is 0. The number of hydrogen-bond donors (Lipinski definition) is 2. The van der Waals surface area contributed by atoms with Crippen LogP contribution in [-0.2, 0) is 20.9 Å². The number of carboxylic acids is 1. The van der Waals surface area contributed by atoms with Gasteiger partial charge in [-0.2, -0.15) is 0 Å². The molecule has 0 saturated heterocycles. The predicted octanol–water partition coefficient (Wildman–Crippen LogP) is 1.45. The summed E-state index contributed by atoms with van der Waals surface area (Å²) in [6.07, 6.45) is 0. The SMILES string of the molecule is CC(=O)NC(COCc1ccc(Cl)cc1)C(=O)O. The average molecular weight is 272 g/mol. The highest BCUT2D eigenvalue weighted by Gasteiger charge is 2.18. The topological polar surface area (TPSA) is 75.6 Å². The fourth-order valence-electron chi connectivity index (χ4n) is 1.30. The van der Waals surface area contributed by atoms with E-state index in [2.05, 4.69) is 5.32 Å². The highest BCUT2D eigenvalue weighted by atomic mass is 35.5. The first-order valence-electron chi connectivity index (χ1n) is 5.31.